The van der Waals surface area contributed by atoms with Gasteiger partial charge in [0.05, 0.1) is 0 Å². The molecule has 0 aromatic carbocycles. The zero-order chi connectivity index (χ0) is 13.5. The number of fused-ring (bicyclic) bond motifs is 1. The molecule has 1 saturated carbocycles. The Hall–Kier alpha value is -1.36. The zero-order valence-corrected chi connectivity index (χ0v) is 11.7. The second-order valence-electron chi connectivity index (χ2n) is 6.36. The van der Waals surface area contributed by atoms with Crippen molar-refractivity contribution in [1.82, 2.24) is 15.4 Å². The van der Waals surface area contributed by atoms with Gasteiger partial charge in [-0.3, -0.25) is 9.69 Å². The van der Waals surface area contributed by atoms with Crippen LogP contribution in [-0.4, -0.2) is 41.1 Å². The molecule has 1 amide bonds. The minimum absolute atomic E-state index is 0.0712. The fourth-order valence-corrected chi connectivity index (χ4v) is 3.61. The minimum Gasteiger partial charge on any atom is -0.360 e. The smallest absolute Gasteiger partial charge is 0.273 e. The van der Waals surface area contributed by atoms with Crippen molar-refractivity contribution in [1.29, 1.82) is 0 Å². The van der Waals surface area contributed by atoms with Gasteiger partial charge in [-0.2, -0.15) is 0 Å². The van der Waals surface area contributed by atoms with E-state index in [1.165, 1.54) is 25.8 Å². The van der Waals surface area contributed by atoms with E-state index in [4.69, 9.17) is 4.52 Å². The summed E-state index contributed by atoms with van der Waals surface area (Å²) in [6, 6.07) is 2.63. The lowest BCUT2D eigenvalue weighted by Crippen LogP contribution is -2.46. The average Bonchev–Trinajstić information content (AvgIpc) is 3.06. The molecular formula is C15H21N3O2. The number of piperidine rings is 1. The van der Waals surface area contributed by atoms with Crippen molar-refractivity contribution in [3.63, 3.8) is 0 Å². The van der Waals surface area contributed by atoms with E-state index in [0.29, 0.717) is 17.7 Å². The maximum Gasteiger partial charge on any atom is 0.273 e. The first-order valence-corrected chi connectivity index (χ1v) is 7.83. The quantitative estimate of drug-likeness (QED) is 0.915. The summed E-state index contributed by atoms with van der Waals surface area (Å²) >= 11 is 0. The molecule has 1 N–H and O–H groups in total. The van der Waals surface area contributed by atoms with Gasteiger partial charge in [-0.25, -0.2) is 0 Å². The van der Waals surface area contributed by atoms with E-state index in [2.05, 4.69) is 15.4 Å². The number of nitrogens with one attached hydrogen (secondary N) is 1. The first-order valence-electron chi connectivity index (χ1n) is 7.83. The molecule has 3 heterocycles. The van der Waals surface area contributed by atoms with E-state index in [1.807, 2.05) is 6.07 Å². The van der Waals surface area contributed by atoms with Crippen molar-refractivity contribution in [2.75, 3.05) is 13.1 Å². The van der Waals surface area contributed by atoms with Crippen LogP contribution in [0.4, 0.5) is 0 Å². The molecule has 2 aliphatic heterocycles. The van der Waals surface area contributed by atoms with Gasteiger partial charge in [0.15, 0.2) is 5.69 Å². The van der Waals surface area contributed by atoms with Gasteiger partial charge in [-0.05, 0) is 38.6 Å². The Morgan fingerprint density at radius 1 is 1.25 bits per heavy atom. The number of nitrogens with zero attached hydrogens (tertiary/aromatic N) is 2. The standard InChI is InChI=1S/C15H21N3O2/c19-15(12-9-14(20-17-12)10-4-5-10)16-11-6-8-18-7-2-1-3-13(11)18/h9-11,13H,1-8H2,(H,16,19). The second-order valence-corrected chi connectivity index (χ2v) is 6.36. The molecule has 108 valence electrons. The Morgan fingerprint density at radius 3 is 3.00 bits per heavy atom. The number of hydrogen-bond donors (Lipinski definition) is 1. The molecular weight excluding hydrogens is 254 g/mol. The van der Waals surface area contributed by atoms with Gasteiger partial charge < -0.3 is 9.84 Å². The van der Waals surface area contributed by atoms with E-state index in [-0.39, 0.29) is 11.9 Å². The molecule has 5 nitrogen and oxygen atoms in total. The summed E-state index contributed by atoms with van der Waals surface area (Å²) in [6.07, 6.45) is 7.17. The lowest BCUT2D eigenvalue weighted by Gasteiger charge is -2.32. The van der Waals surface area contributed by atoms with Gasteiger partial charge in [0.1, 0.15) is 5.76 Å². The summed E-state index contributed by atoms with van der Waals surface area (Å²) in [7, 11) is 0. The first kappa shape index (κ1) is 12.4. The molecule has 0 spiro atoms. The van der Waals surface area contributed by atoms with E-state index in [0.717, 1.165) is 31.6 Å². The van der Waals surface area contributed by atoms with Crippen LogP contribution in [0, 0.1) is 0 Å². The lowest BCUT2D eigenvalue weighted by atomic mass is 9.99. The van der Waals surface area contributed by atoms with Gasteiger partial charge in [-0.1, -0.05) is 11.6 Å². The fourth-order valence-electron chi connectivity index (χ4n) is 3.61. The van der Waals surface area contributed by atoms with Crippen molar-refractivity contribution in [3.8, 4) is 0 Å². The van der Waals surface area contributed by atoms with Gasteiger partial charge >= 0.3 is 0 Å². The highest BCUT2D eigenvalue weighted by Crippen LogP contribution is 2.40. The largest absolute Gasteiger partial charge is 0.360 e. The van der Waals surface area contributed by atoms with Crippen molar-refractivity contribution >= 4 is 5.91 Å². The number of carbonyl (C=O) groups excluding carboxylic acids is 1. The zero-order valence-electron chi connectivity index (χ0n) is 11.7. The molecule has 20 heavy (non-hydrogen) atoms. The van der Waals surface area contributed by atoms with E-state index in [1.54, 1.807) is 0 Å². The van der Waals surface area contributed by atoms with E-state index < -0.39 is 0 Å². The summed E-state index contributed by atoms with van der Waals surface area (Å²) in [5, 5.41) is 7.09. The number of amides is 1. The van der Waals surface area contributed by atoms with Crippen LogP contribution in [-0.2, 0) is 0 Å². The Labute approximate surface area is 118 Å². The molecule has 2 atom stereocenters. The molecule has 3 aliphatic rings. The van der Waals surface area contributed by atoms with Crippen LogP contribution in [0.1, 0.15) is 60.7 Å². The van der Waals surface area contributed by atoms with Crippen LogP contribution >= 0.6 is 0 Å². The molecule has 0 bridgehead atoms. The summed E-state index contributed by atoms with van der Waals surface area (Å²) in [5.41, 5.74) is 0.446. The third-order valence-electron chi connectivity index (χ3n) is 4.91. The summed E-state index contributed by atoms with van der Waals surface area (Å²) in [5.74, 6) is 1.31. The van der Waals surface area contributed by atoms with Crippen molar-refractivity contribution in [2.45, 2.75) is 56.5 Å². The predicted octanol–water partition coefficient (Wildman–Crippen LogP) is 1.91. The highest BCUT2D eigenvalue weighted by Gasteiger charge is 2.37. The van der Waals surface area contributed by atoms with Crippen LogP contribution in [0.5, 0.6) is 0 Å². The molecule has 1 aromatic rings. The Bertz CT molecular complexity index is 509. The topological polar surface area (TPSA) is 58.4 Å². The summed E-state index contributed by atoms with van der Waals surface area (Å²) in [6.45, 7) is 2.30. The maximum atomic E-state index is 12.3. The van der Waals surface area contributed by atoms with Crippen LogP contribution in [0.3, 0.4) is 0 Å². The molecule has 1 aliphatic carbocycles. The normalized spacial score (nSPS) is 30.2. The predicted molar refractivity (Wildman–Crippen MR) is 73.6 cm³/mol. The monoisotopic (exact) mass is 275 g/mol. The molecule has 3 fully saturated rings. The van der Waals surface area contributed by atoms with Crippen molar-refractivity contribution < 1.29 is 9.32 Å². The lowest BCUT2D eigenvalue weighted by molar-refractivity contribution is 0.0906. The highest BCUT2D eigenvalue weighted by atomic mass is 16.5. The number of carbonyl (C=O) groups is 1. The third kappa shape index (κ3) is 2.24. The van der Waals surface area contributed by atoms with Gasteiger partial charge in [0.25, 0.3) is 5.91 Å². The Morgan fingerprint density at radius 2 is 2.15 bits per heavy atom. The number of aromatic nitrogens is 1. The molecule has 2 unspecified atom stereocenters. The molecule has 0 radical (unpaired) electrons. The van der Waals surface area contributed by atoms with Crippen molar-refractivity contribution in [2.24, 2.45) is 0 Å². The Kier molecular flexibility index (Phi) is 3.02. The number of rotatable bonds is 3. The van der Waals surface area contributed by atoms with Crippen LogP contribution in [0.25, 0.3) is 0 Å². The van der Waals surface area contributed by atoms with E-state index >= 15 is 0 Å². The SMILES string of the molecule is O=C(NC1CCN2CCCCC12)c1cc(C2CC2)on1. The second kappa shape index (κ2) is 4.88. The van der Waals surface area contributed by atoms with Gasteiger partial charge in [-0.15, -0.1) is 0 Å². The summed E-state index contributed by atoms with van der Waals surface area (Å²) < 4.78 is 5.26. The van der Waals surface area contributed by atoms with Crippen molar-refractivity contribution in [3.05, 3.63) is 17.5 Å². The van der Waals surface area contributed by atoms with Crippen LogP contribution in [0.2, 0.25) is 0 Å². The minimum atomic E-state index is -0.0712. The summed E-state index contributed by atoms with van der Waals surface area (Å²) in [4.78, 5) is 14.8. The fraction of sp³-hybridized carbons (Fsp3) is 0.733. The Balaban J connectivity index is 1.41. The van der Waals surface area contributed by atoms with E-state index in [9.17, 15) is 4.79 Å². The van der Waals surface area contributed by atoms with Crippen LogP contribution in [0.15, 0.2) is 10.6 Å². The molecule has 5 heteroatoms. The average molecular weight is 275 g/mol. The van der Waals surface area contributed by atoms with Gasteiger partial charge in [0, 0.05) is 30.6 Å². The van der Waals surface area contributed by atoms with Gasteiger partial charge in [0.2, 0.25) is 0 Å². The van der Waals surface area contributed by atoms with Crippen LogP contribution < -0.4 is 5.32 Å². The maximum absolute atomic E-state index is 12.3. The number of hydrogen-bond acceptors (Lipinski definition) is 4. The molecule has 4 rings (SSSR count). The molecule has 2 saturated heterocycles. The molecule has 1 aromatic heterocycles. The first-order chi connectivity index (χ1) is 9.81. The third-order valence-corrected chi connectivity index (χ3v) is 4.91. The highest BCUT2D eigenvalue weighted by molar-refractivity contribution is 5.92.